The van der Waals surface area contributed by atoms with Gasteiger partial charge in [0.2, 0.25) is 0 Å². The van der Waals surface area contributed by atoms with Crippen LogP contribution in [0.15, 0.2) is 12.2 Å². The molecule has 2 unspecified atom stereocenters. The van der Waals surface area contributed by atoms with Crippen LogP contribution in [0.3, 0.4) is 0 Å². The van der Waals surface area contributed by atoms with E-state index in [1.54, 1.807) is 6.92 Å². The second-order valence-electron chi connectivity index (χ2n) is 5.75. The van der Waals surface area contributed by atoms with Gasteiger partial charge in [-0.25, -0.2) is 4.79 Å². The van der Waals surface area contributed by atoms with E-state index in [2.05, 4.69) is 4.98 Å². The smallest absolute Gasteiger partial charge is 0.339 e. The van der Waals surface area contributed by atoms with Gasteiger partial charge >= 0.3 is 5.97 Å². The molecule has 0 aromatic carbocycles. The zero-order valence-corrected chi connectivity index (χ0v) is 13.2. The van der Waals surface area contributed by atoms with Crippen LogP contribution in [0.1, 0.15) is 47.6 Å². The molecule has 6 nitrogen and oxygen atoms in total. The molecule has 0 radical (unpaired) electrons. The number of aryl methyl sites for hydroxylation is 1. The average molecular weight is 305 g/mol. The summed E-state index contributed by atoms with van der Waals surface area (Å²) in [7, 11) is 0. The number of hydrogen-bond donors (Lipinski definition) is 3. The molecule has 22 heavy (non-hydrogen) atoms. The number of ether oxygens (including phenoxy) is 1. The molecule has 0 saturated carbocycles. The van der Waals surface area contributed by atoms with Gasteiger partial charge in [-0.05, 0) is 20.3 Å². The number of anilines is 1. The van der Waals surface area contributed by atoms with Crippen molar-refractivity contribution in [3.05, 3.63) is 34.7 Å². The molecule has 5 N–H and O–H groups in total. The summed E-state index contributed by atoms with van der Waals surface area (Å²) < 4.78 is 6.04. The molecule has 1 aromatic heterocycles. The molecular weight excluding hydrogens is 282 g/mol. The van der Waals surface area contributed by atoms with Crippen molar-refractivity contribution in [2.45, 2.75) is 45.3 Å². The van der Waals surface area contributed by atoms with Crippen molar-refractivity contribution in [3.63, 3.8) is 0 Å². The van der Waals surface area contributed by atoms with E-state index in [1.165, 1.54) is 0 Å². The zero-order valence-electron chi connectivity index (χ0n) is 13.2. The first-order chi connectivity index (χ1) is 10.3. The molecule has 120 valence electrons. The van der Waals surface area contributed by atoms with Crippen LogP contribution >= 0.6 is 0 Å². The van der Waals surface area contributed by atoms with E-state index in [-0.39, 0.29) is 17.3 Å². The summed E-state index contributed by atoms with van der Waals surface area (Å²) in [6.07, 6.45) is 5.16. The van der Waals surface area contributed by atoms with E-state index in [4.69, 9.17) is 16.2 Å². The van der Waals surface area contributed by atoms with Crippen molar-refractivity contribution in [3.8, 4) is 0 Å². The van der Waals surface area contributed by atoms with Crippen molar-refractivity contribution < 1.29 is 14.6 Å². The number of rotatable bonds is 5. The number of nitrogens with zero attached hydrogens (tertiary/aromatic N) is 1. The minimum absolute atomic E-state index is 0.0521. The van der Waals surface area contributed by atoms with Crippen molar-refractivity contribution in [1.29, 1.82) is 0 Å². The van der Waals surface area contributed by atoms with Crippen LogP contribution in [0.2, 0.25) is 0 Å². The Bertz CT molecular complexity index is 626. The predicted octanol–water partition coefficient (Wildman–Crippen LogP) is 1.75. The normalized spacial score (nSPS) is 21.5. The van der Waals surface area contributed by atoms with Gasteiger partial charge in [0, 0.05) is 18.0 Å². The highest BCUT2D eigenvalue weighted by Crippen LogP contribution is 2.41. The summed E-state index contributed by atoms with van der Waals surface area (Å²) in [5.41, 5.74) is 13.4. The zero-order chi connectivity index (χ0) is 16.5. The molecule has 1 aliphatic carbocycles. The lowest BCUT2D eigenvalue weighted by Crippen LogP contribution is -2.36. The molecule has 1 aromatic rings. The minimum Gasteiger partial charge on any atom is -0.478 e. The summed E-state index contributed by atoms with van der Waals surface area (Å²) in [6, 6.07) is -0.124. The first-order valence-corrected chi connectivity index (χ1v) is 7.42. The maximum atomic E-state index is 11.5. The number of carbonyl (C=O) groups is 1. The summed E-state index contributed by atoms with van der Waals surface area (Å²) in [6.45, 7) is 5.85. The number of carboxylic acids is 1. The fourth-order valence-corrected chi connectivity index (χ4v) is 2.92. The van der Waals surface area contributed by atoms with Crippen LogP contribution in [-0.4, -0.2) is 28.7 Å². The van der Waals surface area contributed by atoms with E-state index < -0.39 is 11.6 Å². The van der Waals surface area contributed by atoms with Gasteiger partial charge in [-0.15, -0.1) is 0 Å². The second-order valence-corrected chi connectivity index (χ2v) is 5.75. The third-order valence-electron chi connectivity index (χ3n) is 3.96. The number of hydrogen-bond acceptors (Lipinski definition) is 5. The molecule has 2 atom stereocenters. The van der Waals surface area contributed by atoms with Crippen molar-refractivity contribution >= 4 is 11.7 Å². The van der Waals surface area contributed by atoms with Crippen molar-refractivity contribution in [1.82, 2.24) is 4.98 Å². The fourth-order valence-electron chi connectivity index (χ4n) is 2.92. The molecule has 0 aliphatic heterocycles. The SMILES string of the molecule is CCC1(OCC(C)N)C=CCc2nc(C)c(C(=O)O)c(N)c21. The summed E-state index contributed by atoms with van der Waals surface area (Å²) in [4.78, 5) is 15.9. The number of fused-ring (bicyclic) bond motifs is 1. The molecule has 1 heterocycles. The molecular formula is C16H23N3O3. The Labute approximate surface area is 130 Å². The highest BCUT2D eigenvalue weighted by Gasteiger charge is 2.38. The number of carboxylic acid groups (broad SMARTS) is 1. The molecule has 0 fully saturated rings. The molecule has 1 aliphatic rings. The van der Waals surface area contributed by atoms with Crippen molar-refractivity contribution in [2.24, 2.45) is 5.73 Å². The fraction of sp³-hybridized carbons (Fsp3) is 0.500. The lowest BCUT2D eigenvalue weighted by atomic mass is 9.82. The molecule has 0 bridgehead atoms. The Hall–Kier alpha value is -1.92. The third-order valence-corrected chi connectivity index (χ3v) is 3.96. The Morgan fingerprint density at radius 1 is 1.59 bits per heavy atom. The van der Waals surface area contributed by atoms with Crippen LogP contribution in [0.4, 0.5) is 5.69 Å². The minimum atomic E-state index is -1.07. The summed E-state index contributed by atoms with van der Waals surface area (Å²) in [5, 5.41) is 9.41. The van der Waals surface area contributed by atoms with E-state index in [0.717, 1.165) is 5.69 Å². The number of nitrogen functional groups attached to an aromatic ring is 1. The first kappa shape index (κ1) is 16.5. The largest absolute Gasteiger partial charge is 0.478 e. The van der Waals surface area contributed by atoms with Crippen LogP contribution in [0.25, 0.3) is 0 Å². The molecule has 0 amide bonds. The maximum absolute atomic E-state index is 11.5. The van der Waals surface area contributed by atoms with Gasteiger partial charge in [0.1, 0.15) is 11.2 Å². The van der Waals surface area contributed by atoms with Gasteiger partial charge in [-0.2, -0.15) is 0 Å². The van der Waals surface area contributed by atoms with Crippen LogP contribution < -0.4 is 11.5 Å². The molecule has 0 spiro atoms. The predicted molar refractivity (Wildman–Crippen MR) is 84.8 cm³/mol. The Morgan fingerprint density at radius 2 is 2.27 bits per heavy atom. The quantitative estimate of drug-likeness (QED) is 0.715. The van der Waals surface area contributed by atoms with Crippen LogP contribution in [-0.2, 0) is 16.8 Å². The van der Waals surface area contributed by atoms with E-state index >= 15 is 0 Å². The number of aromatic carboxylic acids is 1. The van der Waals surface area contributed by atoms with Gasteiger partial charge in [0.25, 0.3) is 0 Å². The van der Waals surface area contributed by atoms with Gasteiger partial charge < -0.3 is 21.3 Å². The number of pyridine rings is 1. The monoisotopic (exact) mass is 305 g/mol. The lowest BCUT2D eigenvalue weighted by molar-refractivity contribution is -0.0219. The molecule has 2 rings (SSSR count). The maximum Gasteiger partial charge on any atom is 0.339 e. The van der Waals surface area contributed by atoms with Crippen LogP contribution in [0.5, 0.6) is 0 Å². The Balaban J connectivity index is 2.63. The average Bonchev–Trinajstić information content (AvgIpc) is 2.44. The molecule has 0 saturated heterocycles. The van der Waals surface area contributed by atoms with E-state index in [1.807, 2.05) is 26.0 Å². The standard InChI is InChI=1S/C16H23N3O3/c1-4-16(22-8-9(2)17)7-5-6-11-13(16)14(18)12(15(20)21)10(3)19-11/h5,7,9H,4,6,8,17H2,1-3H3,(H2,18,19)(H,20,21). The van der Waals surface area contributed by atoms with Gasteiger partial charge in [0.05, 0.1) is 23.7 Å². The Morgan fingerprint density at radius 3 is 2.82 bits per heavy atom. The lowest BCUT2D eigenvalue weighted by Gasteiger charge is -2.36. The number of nitrogens with two attached hydrogens (primary N) is 2. The number of allylic oxidation sites excluding steroid dienone is 1. The van der Waals surface area contributed by atoms with Gasteiger partial charge in [0.15, 0.2) is 0 Å². The van der Waals surface area contributed by atoms with E-state index in [0.29, 0.717) is 30.7 Å². The van der Waals surface area contributed by atoms with Crippen LogP contribution in [0, 0.1) is 6.92 Å². The first-order valence-electron chi connectivity index (χ1n) is 7.42. The number of aromatic nitrogens is 1. The second kappa shape index (κ2) is 6.06. The Kier molecular flexibility index (Phi) is 4.53. The van der Waals surface area contributed by atoms with E-state index in [9.17, 15) is 9.90 Å². The third kappa shape index (κ3) is 2.71. The molecule has 6 heteroatoms. The topological polar surface area (TPSA) is 111 Å². The summed E-state index contributed by atoms with van der Waals surface area (Å²) in [5.74, 6) is -1.07. The van der Waals surface area contributed by atoms with Gasteiger partial charge in [-0.3, -0.25) is 4.98 Å². The highest BCUT2D eigenvalue weighted by molar-refractivity contribution is 5.96. The van der Waals surface area contributed by atoms with Gasteiger partial charge in [-0.1, -0.05) is 19.1 Å². The summed E-state index contributed by atoms with van der Waals surface area (Å²) >= 11 is 0. The van der Waals surface area contributed by atoms with Crippen molar-refractivity contribution in [2.75, 3.05) is 12.3 Å². The highest BCUT2D eigenvalue weighted by atomic mass is 16.5.